The summed E-state index contributed by atoms with van der Waals surface area (Å²) >= 11 is 0. The van der Waals surface area contributed by atoms with Crippen molar-refractivity contribution in [3.05, 3.63) is 71.9 Å². The number of ketones is 1. The average Bonchev–Trinajstić information content (AvgIpc) is 3.29. The molecule has 0 spiro atoms. The van der Waals surface area contributed by atoms with Crippen LogP contribution < -0.4 is 27.3 Å². The number of fused-ring (bicyclic) bond motifs is 1. The first kappa shape index (κ1) is 30.9. The molecule has 10 nitrogen and oxygen atoms in total. The highest BCUT2D eigenvalue weighted by Gasteiger charge is 2.32. The molecule has 4 rings (SSSR count). The van der Waals surface area contributed by atoms with E-state index in [2.05, 4.69) is 15.0 Å². The van der Waals surface area contributed by atoms with Gasteiger partial charge in [-0.3, -0.25) is 19.4 Å². The second kappa shape index (κ2) is 13.3. The molecule has 0 saturated carbocycles. The van der Waals surface area contributed by atoms with Crippen LogP contribution in [0.1, 0.15) is 24.0 Å². The zero-order valence-corrected chi connectivity index (χ0v) is 22.7. The molecule has 1 fully saturated rings. The van der Waals surface area contributed by atoms with Gasteiger partial charge in [-0.1, -0.05) is 30.3 Å². The second-order valence-electron chi connectivity index (χ2n) is 10.4. The lowest BCUT2D eigenvalue weighted by Crippen LogP contribution is -2.50. The maximum Gasteiger partial charge on any atom is 0.573 e. The summed E-state index contributed by atoms with van der Waals surface area (Å²) in [6, 6.07) is 11.5. The van der Waals surface area contributed by atoms with E-state index in [1.165, 1.54) is 17.0 Å². The summed E-state index contributed by atoms with van der Waals surface area (Å²) in [6.45, 7) is 0.656. The number of para-hydroxylation sites is 1. The van der Waals surface area contributed by atoms with Crippen LogP contribution in [0.4, 0.5) is 13.2 Å². The summed E-state index contributed by atoms with van der Waals surface area (Å²) in [5.41, 5.74) is 19.7. The molecule has 1 aliphatic heterocycles. The van der Waals surface area contributed by atoms with Gasteiger partial charge < -0.3 is 32.2 Å². The van der Waals surface area contributed by atoms with Crippen molar-refractivity contribution in [2.45, 2.75) is 56.2 Å². The Balaban J connectivity index is 1.43. The van der Waals surface area contributed by atoms with Crippen molar-refractivity contribution in [1.29, 1.82) is 0 Å². The number of benzene rings is 2. The van der Waals surface area contributed by atoms with Crippen LogP contribution in [0.3, 0.4) is 0 Å². The van der Waals surface area contributed by atoms with Crippen LogP contribution in [0.25, 0.3) is 10.9 Å². The molecule has 0 bridgehead atoms. The van der Waals surface area contributed by atoms with E-state index in [0.717, 1.165) is 23.0 Å². The molecular weight excluding hydrogens is 553 g/mol. The van der Waals surface area contributed by atoms with Crippen molar-refractivity contribution in [2.24, 2.45) is 17.2 Å². The highest BCUT2D eigenvalue weighted by Crippen LogP contribution is 2.23. The Kier molecular flexibility index (Phi) is 9.76. The molecule has 1 aromatic heterocycles. The van der Waals surface area contributed by atoms with E-state index in [-0.39, 0.29) is 49.5 Å². The maximum absolute atomic E-state index is 13.4. The third kappa shape index (κ3) is 8.47. The molecule has 1 saturated heterocycles. The number of nitrogens with one attached hydrogen (secondary N) is 1. The molecule has 7 N–H and O–H groups in total. The Hall–Kier alpha value is -4.07. The second-order valence-corrected chi connectivity index (χ2v) is 10.4. The molecular formula is C29H33F3N6O4. The number of aromatic nitrogens is 1. The first-order valence-corrected chi connectivity index (χ1v) is 13.4. The molecule has 0 radical (unpaired) electrons. The monoisotopic (exact) mass is 586 g/mol. The number of halogens is 3. The third-order valence-corrected chi connectivity index (χ3v) is 7.10. The molecule has 0 aliphatic carbocycles. The van der Waals surface area contributed by atoms with Crippen molar-refractivity contribution in [1.82, 2.24) is 15.2 Å². The number of amides is 2. The van der Waals surface area contributed by atoms with Gasteiger partial charge in [0.05, 0.1) is 17.6 Å². The zero-order chi connectivity index (χ0) is 30.4. The van der Waals surface area contributed by atoms with Gasteiger partial charge in [0, 0.05) is 49.6 Å². The minimum atomic E-state index is -4.84. The molecule has 224 valence electrons. The summed E-state index contributed by atoms with van der Waals surface area (Å²) < 4.78 is 41.6. The number of hydrogen-bond donors (Lipinski definition) is 4. The number of hydrogen-bond acceptors (Lipinski definition) is 8. The fourth-order valence-corrected chi connectivity index (χ4v) is 4.75. The third-order valence-electron chi connectivity index (χ3n) is 7.10. The van der Waals surface area contributed by atoms with Gasteiger partial charge in [-0.15, -0.1) is 13.2 Å². The standard InChI is InChI=1S/C29H33F3N6O4/c30-29(31,32)42-20-7-5-17(6-8-20)12-25(26(39)13-18-11-19-3-1-2-4-24(19)36-14-18)37-28(41)21(33)9-10-27(40)38-15-22(34)23(35)16-38/h1-8,11,14,21-23,25H,9-10,12-13,15-16,33-35H2,(H,37,41)/t21-,22-,23-,25+/m0/s1. The Labute approximate surface area is 240 Å². The quantitative estimate of drug-likeness (QED) is 0.263. The zero-order valence-electron chi connectivity index (χ0n) is 22.7. The van der Waals surface area contributed by atoms with Gasteiger partial charge >= 0.3 is 6.36 Å². The van der Waals surface area contributed by atoms with Crippen molar-refractivity contribution >= 4 is 28.5 Å². The van der Waals surface area contributed by atoms with Gasteiger partial charge in [0.25, 0.3) is 0 Å². The predicted molar refractivity (Wildman–Crippen MR) is 149 cm³/mol. The smallest absolute Gasteiger partial charge is 0.406 e. The lowest BCUT2D eigenvalue weighted by atomic mass is 9.97. The Morgan fingerprint density at radius 3 is 2.36 bits per heavy atom. The summed E-state index contributed by atoms with van der Waals surface area (Å²) in [4.78, 5) is 44.9. The Bertz CT molecular complexity index is 1410. The van der Waals surface area contributed by atoms with E-state index in [4.69, 9.17) is 17.2 Å². The highest BCUT2D eigenvalue weighted by molar-refractivity contribution is 5.93. The van der Waals surface area contributed by atoms with Gasteiger partial charge in [-0.05, 0) is 48.2 Å². The number of pyridine rings is 1. The Morgan fingerprint density at radius 2 is 1.69 bits per heavy atom. The topological polar surface area (TPSA) is 167 Å². The first-order chi connectivity index (χ1) is 19.9. The molecule has 2 amide bonds. The number of ether oxygens (including phenoxy) is 1. The van der Waals surface area contributed by atoms with Crippen LogP contribution in [0.15, 0.2) is 60.8 Å². The molecule has 2 aromatic carbocycles. The van der Waals surface area contributed by atoms with Crippen LogP contribution in [-0.2, 0) is 27.2 Å². The molecule has 13 heteroatoms. The number of rotatable bonds is 11. The van der Waals surface area contributed by atoms with Crippen LogP contribution in [0, 0.1) is 0 Å². The molecule has 42 heavy (non-hydrogen) atoms. The lowest BCUT2D eigenvalue weighted by molar-refractivity contribution is -0.274. The normalized spacial score (nSPS) is 18.5. The summed E-state index contributed by atoms with van der Waals surface area (Å²) in [5.74, 6) is -1.62. The lowest BCUT2D eigenvalue weighted by Gasteiger charge is -2.21. The van der Waals surface area contributed by atoms with E-state index in [1.807, 2.05) is 30.3 Å². The maximum atomic E-state index is 13.4. The predicted octanol–water partition coefficient (Wildman–Crippen LogP) is 1.58. The van der Waals surface area contributed by atoms with E-state index < -0.39 is 30.1 Å². The highest BCUT2D eigenvalue weighted by atomic mass is 19.4. The SMILES string of the molecule is N[C@@H](CCC(=O)N1C[C@H](N)[C@@H](N)C1)C(=O)N[C@H](Cc1ccc(OC(F)(F)F)cc1)C(=O)Cc1cnc2ccccc2c1. The fourth-order valence-electron chi connectivity index (χ4n) is 4.75. The molecule has 1 aliphatic rings. The summed E-state index contributed by atoms with van der Waals surface area (Å²) in [5, 5.41) is 3.52. The minimum Gasteiger partial charge on any atom is -0.406 e. The van der Waals surface area contributed by atoms with Crippen molar-refractivity contribution in [2.75, 3.05) is 13.1 Å². The van der Waals surface area contributed by atoms with E-state index in [1.54, 1.807) is 6.20 Å². The number of nitrogens with zero attached hydrogens (tertiary/aromatic N) is 2. The van der Waals surface area contributed by atoms with Gasteiger partial charge in [-0.2, -0.15) is 0 Å². The number of Topliss-reactive ketones (excluding diaryl/α,β-unsaturated/α-hetero) is 1. The van der Waals surface area contributed by atoms with Crippen molar-refractivity contribution in [3.63, 3.8) is 0 Å². The number of nitrogens with two attached hydrogens (primary N) is 3. The largest absolute Gasteiger partial charge is 0.573 e. The van der Waals surface area contributed by atoms with E-state index in [0.29, 0.717) is 24.2 Å². The molecule has 0 unspecified atom stereocenters. The molecule has 4 atom stereocenters. The summed E-state index contributed by atoms with van der Waals surface area (Å²) in [7, 11) is 0. The Morgan fingerprint density at radius 1 is 1.02 bits per heavy atom. The van der Waals surface area contributed by atoms with E-state index >= 15 is 0 Å². The van der Waals surface area contributed by atoms with Crippen LogP contribution in [0.5, 0.6) is 5.75 Å². The average molecular weight is 587 g/mol. The number of carbonyl (C=O) groups is 3. The van der Waals surface area contributed by atoms with Gasteiger partial charge in [0.2, 0.25) is 11.8 Å². The molecule has 3 aromatic rings. The number of likely N-dealkylation sites (tertiary alicyclic amines) is 1. The minimum absolute atomic E-state index is 0.00390. The molecule has 2 heterocycles. The van der Waals surface area contributed by atoms with Gasteiger partial charge in [0.15, 0.2) is 5.78 Å². The van der Waals surface area contributed by atoms with Crippen LogP contribution in [0.2, 0.25) is 0 Å². The van der Waals surface area contributed by atoms with Gasteiger partial charge in [-0.25, -0.2) is 0 Å². The fraction of sp³-hybridized carbons (Fsp3) is 0.379. The van der Waals surface area contributed by atoms with Crippen LogP contribution in [-0.4, -0.2) is 71.1 Å². The number of alkyl halides is 3. The van der Waals surface area contributed by atoms with E-state index in [9.17, 15) is 27.6 Å². The van der Waals surface area contributed by atoms with Gasteiger partial charge in [0.1, 0.15) is 5.75 Å². The van der Waals surface area contributed by atoms with Crippen molar-refractivity contribution in [3.8, 4) is 5.75 Å². The summed E-state index contributed by atoms with van der Waals surface area (Å²) in [6.07, 6.45) is -3.29. The van der Waals surface area contributed by atoms with Crippen LogP contribution >= 0.6 is 0 Å². The first-order valence-electron chi connectivity index (χ1n) is 13.4. The number of carbonyl (C=O) groups excluding carboxylic acids is 3. The van der Waals surface area contributed by atoms with Crippen molar-refractivity contribution < 1.29 is 32.3 Å².